The maximum absolute atomic E-state index is 13.6. The molecule has 0 spiro atoms. The lowest BCUT2D eigenvalue weighted by Crippen LogP contribution is -2.27. The standard InChI is InChI=1S/C12H11F3N2O3S/c1-7-5-8(16-20-7)6-17(2)21(18,19)10-4-3-9(13)11(14)12(10)15/h3-5H,6H2,1-2H3. The molecule has 0 saturated heterocycles. The van der Waals surface area contributed by atoms with Crippen molar-refractivity contribution in [1.29, 1.82) is 0 Å². The molecule has 0 radical (unpaired) electrons. The number of aryl methyl sites for hydroxylation is 1. The molecule has 0 atom stereocenters. The molecule has 0 aliphatic heterocycles. The minimum atomic E-state index is -4.33. The van der Waals surface area contributed by atoms with Gasteiger partial charge in [-0.2, -0.15) is 4.31 Å². The van der Waals surface area contributed by atoms with E-state index in [4.69, 9.17) is 4.52 Å². The van der Waals surface area contributed by atoms with Crippen molar-refractivity contribution in [2.24, 2.45) is 0 Å². The molecule has 2 aromatic rings. The van der Waals surface area contributed by atoms with Crippen molar-refractivity contribution < 1.29 is 26.1 Å². The molecular formula is C12H11F3N2O3S. The van der Waals surface area contributed by atoms with E-state index < -0.39 is 32.4 Å². The Kier molecular flexibility index (Phi) is 4.06. The van der Waals surface area contributed by atoms with E-state index in [1.54, 1.807) is 6.92 Å². The first kappa shape index (κ1) is 15.5. The fraction of sp³-hybridized carbons (Fsp3) is 0.250. The minimum Gasteiger partial charge on any atom is -0.361 e. The average molecular weight is 320 g/mol. The highest BCUT2D eigenvalue weighted by molar-refractivity contribution is 7.89. The van der Waals surface area contributed by atoms with Gasteiger partial charge in [-0.3, -0.25) is 0 Å². The van der Waals surface area contributed by atoms with E-state index in [0.717, 1.165) is 4.31 Å². The molecule has 0 aliphatic rings. The topological polar surface area (TPSA) is 63.4 Å². The highest BCUT2D eigenvalue weighted by Gasteiger charge is 2.28. The molecule has 1 heterocycles. The summed E-state index contributed by atoms with van der Waals surface area (Å²) in [6, 6.07) is 2.74. The van der Waals surface area contributed by atoms with E-state index >= 15 is 0 Å². The molecule has 0 unspecified atom stereocenters. The summed E-state index contributed by atoms with van der Waals surface area (Å²) in [4.78, 5) is -0.941. The Labute approximate surface area is 119 Å². The number of sulfonamides is 1. The van der Waals surface area contributed by atoms with Crippen LogP contribution in [0.15, 0.2) is 27.6 Å². The molecule has 0 bridgehead atoms. The van der Waals surface area contributed by atoms with Crippen LogP contribution in [0, 0.1) is 24.4 Å². The maximum Gasteiger partial charge on any atom is 0.246 e. The van der Waals surface area contributed by atoms with Crippen molar-refractivity contribution in [2.75, 3.05) is 7.05 Å². The van der Waals surface area contributed by atoms with Crippen molar-refractivity contribution in [3.63, 3.8) is 0 Å². The summed E-state index contributed by atoms with van der Waals surface area (Å²) in [5.41, 5.74) is 0.307. The zero-order chi connectivity index (χ0) is 15.8. The molecule has 0 saturated carbocycles. The van der Waals surface area contributed by atoms with E-state index in [1.807, 2.05) is 0 Å². The van der Waals surface area contributed by atoms with Crippen molar-refractivity contribution in [3.05, 3.63) is 47.1 Å². The summed E-state index contributed by atoms with van der Waals surface area (Å²) in [6.45, 7) is 1.43. The van der Waals surface area contributed by atoms with Crippen LogP contribution < -0.4 is 0 Å². The normalized spacial score (nSPS) is 12.1. The second-order valence-electron chi connectivity index (χ2n) is 4.36. The van der Waals surface area contributed by atoms with Gasteiger partial charge in [0.1, 0.15) is 10.7 Å². The second-order valence-corrected chi connectivity index (χ2v) is 6.38. The zero-order valence-corrected chi connectivity index (χ0v) is 11.9. The van der Waals surface area contributed by atoms with E-state index in [1.165, 1.54) is 13.1 Å². The van der Waals surface area contributed by atoms with Gasteiger partial charge >= 0.3 is 0 Å². The molecule has 0 fully saturated rings. The average Bonchev–Trinajstić information content (AvgIpc) is 2.81. The predicted molar refractivity (Wildman–Crippen MR) is 66.2 cm³/mol. The second kappa shape index (κ2) is 5.49. The van der Waals surface area contributed by atoms with Gasteiger partial charge in [-0.25, -0.2) is 21.6 Å². The number of rotatable bonds is 4. The Morgan fingerprint density at radius 1 is 1.24 bits per heavy atom. The molecule has 0 amide bonds. The maximum atomic E-state index is 13.6. The van der Waals surface area contributed by atoms with Crippen LogP contribution in [0.1, 0.15) is 11.5 Å². The number of hydrogen-bond donors (Lipinski definition) is 0. The molecular weight excluding hydrogens is 309 g/mol. The summed E-state index contributed by atoms with van der Waals surface area (Å²) in [5, 5.41) is 3.61. The van der Waals surface area contributed by atoms with Gasteiger partial charge in [0.25, 0.3) is 0 Å². The third-order valence-electron chi connectivity index (χ3n) is 2.75. The Morgan fingerprint density at radius 2 is 1.90 bits per heavy atom. The molecule has 114 valence electrons. The van der Waals surface area contributed by atoms with Gasteiger partial charge in [-0.05, 0) is 19.1 Å². The van der Waals surface area contributed by atoms with Crippen LogP contribution in [0.5, 0.6) is 0 Å². The van der Waals surface area contributed by atoms with Crippen molar-refractivity contribution in [3.8, 4) is 0 Å². The summed E-state index contributed by atoms with van der Waals surface area (Å²) < 4.78 is 69.5. The van der Waals surface area contributed by atoms with Gasteiger partial charge in [0.2, 0.25) is 10.0 Å². The molecule has 9 heteroatoms. The largest absolute Gasteiger partial charge is 0.361 e. The number of benzene rings is 1. The first-order chi connectivity index (χ1) is 9.73. The number of nitrogens with zero attached hydrogens (tertiary/aromatic N) is 2. The van der Waals surface area contributed by atoms with Crippen LogP contribution in [-0.4, -0.2) is 24.9 Å². The highest BCUT2D eigenvalue weighted by Crippen LogP contribution is 2.23. The molecule has 5 nitrogen and oxygen atoms in total. The third kappa shape index (κ3) is 2.93. The molecule has 1 aromatic heterocycles. The number of halogens is 3. The summed E-state index contributed by atoms with van der Waals surface area (Å²) in [5.74, 6) is -4.56. The fourth-order valence-electron chi connectivity index (χ4n) is 1.68. The van der Waals surface area contributed by atoms with Crippen LogP contribution in [0.3, 0.4) is 0 Å². The highest BCUT2D eigenvalue weighted by atomic mass is 32.2. The Morgan fingerprint density at radius 3 is 2.48 bits per heavy atom. The van der Waals surface area contributed by atoms with Gasteiger partial charge in [0.05, 0.1) is 12.2 Å². The molecule has 0 N–H and O–H groups in total. The predicted octanol–water partition coefficient (Wildman–Crippen LogP) is 2.22. The quantitative estimate of drug-likeness (QED) is 0.810. The third-order valence-corrected chi connectivity index (χ3v) is 4.57. The van der Waals surface area contributed by atoms with E-state index in [0.29, 0.717) is 23.6 Å². The Bertz CT molecular complexity index is 774. The van der Waals surface area contributed by atoms with Crippen LogP contribution in [0.4, 0.5) is 13.2 Å². The lowest BCUT2D eigenvalue weighted by atomic mass is 10.3. The van der Waals surface area contributed by atoms with Crippen molar-refractivity contribution in [1.82, 2.24) is 9.46 Å². The first-order valence-electron chi connectivity index (χ1n) is 5.75. The smallest absolute Gasteiger partial charge is 0.246 e. The monoisotopic (exact) mass is 320 g/mol. The minimum absolute atomic E-state index is 0.196. The van der Waals surface area contributed by atoms with E-state index in [-0.39, 0.29) is 6.54 Å². The van der Waals surface area contributed by atoms with Gasteiger partial charge in [-0.1, -0.05) is 5.16 Å². The first-order valence-corrected chi connectivity index (χ1v) is 7.19. The molecule has 1 aromatic carbocycles. The summed E-state index contributed by atoms with van der Waals surface area (Å²) >= 11 is 0. The van der Waals surface area contributed by atoms with Crippen LogP contribution >= 0.6 is 0 Å². The SMILES string of the molecule is Cc1cc(CN(C)S(=O)(=O)c2ccc(F)c(F)c2F)no1. The van der Waals surface area contributed by atoms with Crippen LogP contribution in [0.2, 0.25) is 0 Å². The Balaban J connectivity index is 2.35. The lowest BCUT2D eigenvalue weighted by molar-refractivity contribution is 0.377. The van der Waals surface area contributed by atoms with Crippen molar-refractivity contribution in [2.45, 2.75) is 18.4 Å². The molecule has 0 aliphatic carbocycles. The van der Waals surface area contributed by atoms with Crippen molar-refractivity contribution >= 4 is 10.0 Å². The van der Waals surface area contributed by atoms with Gasteiger partial charge < -0.3 is 4.52 Å². The van der Waals surface area contributed by atoms with Crippen LogP contribution in [0.25, 0.3) is 0 Å². The number of hydrogen-bond acceptors (Lipinski definition) is 4. The summed E-state index contributed by atoms with van der Waals surface area (Å²) in [6.07, 6.45) is 0. The van der Waals surface area contributed by atoms with E-state index in [2.05, 4.69) is 5.16 Å². The number of aromatic nitrogens is 1. The van der Waals surface area contributed by atoms with Gasteiger partial charge in [0.15, 0.2) is 17.5 Å². The lowest BCUT2D eigenvalue weighted by Gasteiger charge is -2.16. The Hall–Kier alpha value is -1.87. The van der Waals surface area contributed by atoms with Gasteiger partial charge in [0, 0.05) is 13.1 Å². The fourth-order valence-corrected chi connectivity index (χ4v) is 2.87. The molecule has 21 heavy (non-hydrogen) atoms. The van der Waals surface area contributed by atoms with E-state index in [9.17, 15) is 21.6 Å². The van der Waals surface area contributed by atoms with Crippen LogP contribution in [-0.2, 0) is 16.6 Å². The zero-order valence-electron chi connectivity index (χ0n) is 11.1. The summed E-state index contributed by atoms with van der Waals surface area (Å²) in [7, 11) is -3.16. The van der Waals surface area contributed by atoms with Gasteiger partial charge in [-0.15, -0.1) is 0 Å². The molecule has 2 rings (SSSR count).